The van der Waals surface area contributed by atoms with Crippen LogP contribution in [-0.2, 0) is 10.3 Å². The quantitative estimate of drug-likeness (QED) is 0.740. The van der Waals surface area contributed by atoms with Crippen molar-refractivity contribution in [3.8, 4) is 0 Å². The van der Waals surface area contributed by atoms with Gasteiger partial charge in [-0.05, 0) is 43.6 Å². The number of aryl methyl sites for hydroxylation is 1. The van der Waals surface area contributed by atoms with E-state index in [1.165, 1.54) is 7.11 Å². The number of rotatable bonds is 1. The number of methoxy groups -OCH3 is 1. The van der Waals surface area contributed by atoms with Crippen molar-refractivity contribution in [3.05, 3.63) is 15.9 Å². The summed E-state index contributed by atoms with van der Waals surface area (Å²) in [7, 11) is 1.37. The summed E-state index contributed by atoms with van der Waals surface area (Å²) in [6.45, 7) is 7.80. The van der Waals surface area contributed by atoms with Crippen molar-refractivity contribution >= 4 is 21.9 Å². The molecule has 0 fully saturated rings. The molecule has 0 bridgehead atoms. The van der Waals surface area contributed by atoms with Gasteiger partial charge in [-0.15, -0.1) is 0 Å². The van der Waals surface area contributed by atoms with Crippen molar-refractivity contribution in [2.75, 3.05) is 7.11 Å². The average molecular weight is 275 g/mol. The fraction of sp³-hybridized carbons (Fsp3) is 0.600. The maximum absolute atomic E-state index is 11.6. The first-order valence-electron chi connectivity index (χ1n) is 4.63. The number of carbonyl (C=O) groups excluding carboxylic acids is 1. The summed E-state index contributed by atoms with van der Waals surface area (Å²) in [6, 6.07) is 0. The maximum atomic E-state index is 11.6. The summed E-state index contributed by atoms with van der Waals surface area (Å²) in [5.41, 5.74) is 0.994. The van der Waals surface area contributed by atoms with Gasteiger partial charge in [0.2, 0.25) is 0 Å². The van der Waals surface area contributed by atoms with Crippen LogP contribution in [-0.4, -0.2) is 22.9 Å². The fourth-order valence-electron chi connectivity index (χ4n) is 1.27. The number of hydrogen-bond acceptors (Lipinski definition) is 3. The summed E-state index contributed by atoms with van der Waals surface area (Å²) in [6.07, 6.45) is 0. The van der Waals surface area contributed by atoms with Crippen LogP contribution in [0.25, 0.3) is 0 Å². The molecule has 1 rings (SSSR count). The van der Waals surface area contributed by atoms with Crippen LogP contribution in [0.2, 0.25) is 0 Å². The van der Waals surface area contributed by atoms with Crippen molar-refractivity contribution in [1.29, 1.82) is 0 Å². The first kappa shape index (κ1) is 12.2. The molecule has 0 aromatic carbocycles. The molecule has 0 aliphatic heterocycles. The number of esters is 1. The predicted molar refractivity (Wildman–Crippen MR) is 61.0 cm³/mol. The van der Waals surface area contributed by atoms with Crippen LogP contribution < -0.4 is 0 Å². The number of ether oxygens (including phenoxy) is 1. The van der Waals surface area contributed by atoms with E-state index in [-0.39, 0.29) is 11.5 Å². The SMILES string of the molecule is COC(=O)c1c(Br)c(C)nn1C(C)(C)C. The molecule has 0 saturated heterocycles. The zero-order chi connectivity index (χ0) is 11.8. The van der Waals surface area contributed by atoms with Crippen molar-refractivity contribution in [1.82, 2.24) is 9.78 Å². The summed E-state index contributed by atoms with van der Waals surface area (Å²) in [5, 5.41) is 4.32. The Labute approximate surface area is 97.7 Å². The van der Waals surface area contributed by atoms with Gasteiger partial charge in [0.1, 0.15) is 0 Å². The molecule has 1 aromatic heterocycles. The molecule has 1 heterocycles. The van der Waals surface area contributed by atoms with Crippen LogP contribution in [0.3, 0.4) is 0 Å². The molecule has 0 radical (unpaired) electrons. The molecule has 0 atom stereocenters. The third-order valence-corrected chi connectivity index (χ3v) is 2.95. The number of hydrogen-bond donors (Lipinski definition) is 0. The van der Waals surface area contributed by atoms with Crippen LogP contribution in [0.15, 0.2) is 4.47 Å². The van der Waals surface area contributed by atoms with Gasteiger partial charge in [-0.3, -0.25) is 4.68 Å². The lowest BCUT2D eigenvalue weighted by Crippen LogP contribution is -2.27. The lowest BCUT2D eigenvalue weighted by Gasteiger charge is -2.21. The van der Waals surface area contributed by atoms with E-state index in [0.29, 0.717) is 10.2 Å². The third-order valence-electron chi connectivity index (χ3n) is 2.00. The van der Waals surface area contributed by atoms with E-state index in [2.05, 4.69) is 21.0 Å². The van der Waals surface area contributed by atoms with Gasteiger partial charge in [-0.1, -0.05) is 0 Å². The monoisotopic (exact) mass is 274 g/mol. The van der Waals surface area contributed by atoms with Gasteiger partial charge < -0.3 is 4.74 Å². The highest BCUT2D eigenvalue weighted by molar-refractivity contribution is 9.10. The van der Waals surface area contributed by atoms with E-state index in [4.69, 9.17) is 4.74 Å². The molecule has 0 N–H and O–H groups in total. The van der Waals surface area contributed by atoms with Gasteiger partial charge in [0.05, 0.1) is 22.8 Å². The summed E-state index contributed by atoms with van der Waals surface area (Å²) in [5.74, 6) is -0.377. The molecule has 84 valence electrons. The third kappa shape index (κ3) is 2.22. The first-order valence-corrected chi connectivity index (χ1v) is 5.42. The number of aromatic nitrogens is 2. The number of halogens is 1. The minimum absolute atomic E-state index is 0.250. The van der Waals surface area contributed by atoms with E-state index < -0.39 is 0 Å². The minimum atomic E-state index is -0.377. The Kier molecular flexibility index (Phi) is 3.23. The standard InChI is InChI=1S/C10H15BrN2O2/c1-6-7(11)8(9(14)15-5)13(12-6)10(2,3)4/h1-5H3. The van der Waals surface area contributed by atoms with Crippen molar-refractivity contribution in [2.45, 2.75) is 33.2 Å². The Morgan fingerprint density at radius 2 is 2.00 bits per heavy atom. The zero-order valence-corrected chi connectivity index (χ0v) is 11.2. The Morgan fingerprint density at radius 3 is 2.40 bits per heavy atom. The lowest BCUT2D eigenvalue weighted by atomic mass is 10.1. The second kappa shape index (κ2) is 3.96. The average Bonchev–Trinajstić information content (AvgIpc) is 2.42. The van der Waals surface area contributed by atoms with Crippen LogP contribution in [0, 0.1) is 6.92 Å². The molecular weight excluding hydrogens is 260 g/mol. The Balaban J connectivity index is 3.40. The van der Waals surface area contributed by atoms with Crippen LogP contribution in [0.4, 0.5) is 0 Å². The second-order valence-electron chi connectivity index (χ2n) is 4.32. The predicted octanol–water partition coefficient (Wildman–Crippen LogP) is 2.50. The molecule has 1 aromatic rings. The van der Waals surface area contributed by atoms with Gasteiger partial charge in [0.15, 0.2) is 5.69 Å². The highest BCUT2D eigenvalue weighted by Gasteiger charge is 2.27. The van der Waals surface area contributed by atoms with Gasteiger partial charge in [0.25, 0.3) is 0 Å². The second-order valence-corrected chi connectivity index (χ2v) is 5.12. The molecule has 0 spiro atoms. The molecule has 0 aliphatic rings. The molecule has 0 unspecified atom stereocenters. The minimum Gasteiger partial charge on any atom is -0.464 e. The molecule has 4 nitrogen and oxygen atoms in total. The van der Waals surface area contributed by atoms with E-state index in [1.54, 1.807) is 4.68 Å². The normalized spacial score (nSPS) is 11.6. The molecular formula is C10H15BrN2O2. The van der Waals surface area contributed by atoms with Gasteiger partial charge in [0, 0.05) is 0 Å². The molecule has 0 aliphatic carbocycles. The summed E-state index contributed by atoms with van der Waals surface area (Å²) < 4.78 is 7.11. The molecule has 0 amide bonds. The van der Waals surface area contributed by atoms with E-state index in [1.807, 2.05) is 27.7 Å². The van der Waals surface area contributed by atoms with Crippen LogP contribution in [0.5, 0.6) is 0 Å². The van der Waals surface area contributed by atoms with E-state index in [0.717, 1.165) is 5.69 Å². The van der Waals surface area contributed by atoms with Crippen molar-refractivity contribution < 1.29 is 9.53 Å². The van der Waals surface area contributed by atoms with E-state index >= 15 is 0 Å². The maximum Gasteiger partial charge on any atom is 0.357 e. The highest BCUT2D eigenvalue weighted by Crippen LogP contribution is 2.26. The molecule has 0 saturated carbocycles. The first-order chi connectivity index (χ1) is 6.79. The van der Waals surface area contributed by atoms with Crippen molar-refractivity contribution in [2.24, 2.45) is 0 Å². The Morgan fingerprint density at radius 1 is 1.47 bits per heavy atom. The lowest BCUT2D eigenvalue weighted by molar-refractivity contribution is 0.0577. The summed E-state index contributed by atoms with van der Waals surface area (Å²) >= 11 is 3.35. The Bertz CT molecular complexity index is 391. The van der Waals surface area contributed by atoms with E-state index in [9.17, 15) is 4.79 Å². The smallest absolute Gasteiger partial charge is 0.357 e. The fourth-order valence-corrected chi connectivity index (χ4v) is 1.68. The van der Waals surface area contributed by atoms with Gasteiger partial charge in [-0.25, -0.2) is 4.79 Å². The molecule has 5 heteroatoms. The van der Waals surface area contributed by atoms with Crippen molar-refractivity contribution in [3.63, 3.8) is 0 Å². The molecule has 15 heavy (non-hydrogen) atoms. The number of carbonyl (C=O) groups is 1. The zero-order valence-electron chi connectivity index (χ0n) is 9.59. The number of nitrogens with zero attached hydrogens (tertiary/aromatic N) is 2. The van der Waals surface area contributed by atoms with Crippen LogP contribution >= 0.6 is 15.9 Å². The summed E-state index contributed by atoms with van der Waals surface area (Å²) in [4.78, 5) is 11.6. The largest absolute Gasteiger partial charge is 0.464 e. The highest BCUT2D eigenvalue weighted by atomic mass is 79.9. The van der Waals surface area contributed by atoms with Crippen LogP contribution in [0.1, 0.15) is 37.0 Å². The van der Waals surface area contributed by atoms with Gasteiger partial charge >= 0.3 is 5.97 Å². The topological polar surface area (TPSA) is 44.1 Å². The van der Waals surface area contributed by atoms with Gasteiger partial charge in [-0.2, -0.15) is 5.10 Å². The Hall–Kier alpha value is -0.840.